The molecule has 0 bridgehead atoms. The van der Waals surface area contributed by atoms with E-state index in [9.17, 15) is 0 Å². The second-order valence-corrected chi connectivity index (χ2v) is 6.07. The molecule has 0 radical (unpaired) electrons. The predicted molar refractivity (Wildman–Crippen MR) is 86.6 cm³/mol. The molecule has 1 atom stereocenters. The van der Waals surface area contributed by atoms with Crippen LogP contribution in [-0.2, 0) is 0 Å². The number of halogens is 2. The van der Waals surface area contributed by atoms with Gasteiger partial charge in [0.2, 0.25) is 0 Å². The highest BCUT2D eigenvalue weighted by atomic mass is 35.5. The van der Waals surface area contributed by atoms with Crippen LogP contribution in [0.2, 0.25) is 10.0 Å². The van der Waals surface area contributed by atoms with E-state index in [0.717, 1.165) is 34.8 Å². The van der Waals surface area contributed by atoms with Gasteiger partial charge in [0.05, 0.1) is 29.1 Å². The van der Waals surface area contributed by atoms with E-state index in [1.807, 2.05) is 26.0 Å². The number of fused-ring (bicyclic) bond motifs is 1. The highest BCUT2D eigenvalue weighted by molar-refractivity contribution is 6.35. The number of anilines is 1. The maximum Gasteiger partial charge on any atom is 0.143 e. The van der Waals surface area contributed by atoms with Gasteiger partial charge in [0.25, 0.3) is 0 Å². The summed E-state index contributed by atoms with van der Waals surface area (Å²) in [5.41, 5.74) is 4.01. The average molecular weight is 323 g/mol. The SMILES string of the molecule is Cc1ccc(NC2CCOc3c(Cl)cc(Cl)cc32)c(C)n1. The van der Waals surface area contributed by atoms with Crippen LogP contribution in [0.25, 0.3) is 0 Å². The number of aryl methyl sites for hydroxylation is 2. The van der Waals surface area contributed by atoms with E-state index in [2.05, 4.69) is 16.4 Å². The number of pyridine rings is 1. The fourth-order valence-electron chi connectivity index (χ4n) is 2.60. The molecule has 1 N–H and O–H groups in total. The standard InChI is InChI=1S/C16H16Cl2N2O/c1-9-3-4-14(10(2)19-9)20-15-5-6-21-16-12(15)7-11(17)8-13(16)18/h3-4,7-8,15,20H,5-6H2,1-2H3. The zero-order valence-electron chi connectivity index (χ0n) is 11.9. The molecule has 1 aromatic carbocycles. The third-order valence-corrected chi connectivity index (χ3v) is 4.12. The first kappa shape index (κ1) is 14.5. The van der Waals surface area contributed by atoms with Gasteiger partial charge in [0.1, 0.15) is 5.75 Å². The van der Waals surface area contributed by atoms with E-state index in [1.165, 1.54) is 0 Å². The molecular formula is C16H16Cl2N2O. The van der Waals surface area contributed by atoms with E-state index in [-0.39, 0.29) is 6.04 Å². The molecule has 110 valence electrons. The van der Waals surface area contributed by atoms with Crippen LogP contribution in [0.1, 0.15) is 29.4 Å². The van der Waals surface area contributed by atoms with Crippen molar-refractivity contribution in [1.29, 1.82) is 0 Å². The third kappa shape index (κ3) is 2.94. The normalized spacial score (nSPS) is 17.0. The Kier molecular flexibility index (Phi) is 3.96. The molecule has 0 saturated heterocycles. The number of nitrogens with zero attached hydrogens (tertiary/aromatic N) is 1. The minimum absolute atomic E-state index is 0.119. The van der Waals surface area contributed by atoms with Crippen molar-refractivity contribution in [3.63, 3.8) is 0 Å². The Morgan fingerprint density at radius 3 is 2.81 bits per heavy atom. The fourth-order valence-corrected chi connectivity index (χ4v) is 3.17. The molecule has 1 unspecified atom stereocenters. The van der Waals surface area contributed by atoms with Gasteiger partial charge in [-0.25, -0.2) is 0 Å². The number of nitrogens with one attached hydrogen (secondary N) is 1. The van der Waals surface area contributed by atoms with Crippen molar-refractivity contribution in [1.82, 2.24) is 4.98 Å². The molecule has 5 heteroatoms. The average Bonchev–Trinajstić information content (AvgIpc) is 2.42. The van der Waals surface area contributed by atoms with Crippen LogP contribution >= 0.6 is 23.2 Å². The Balaban J connectivity index is 1.95. The molecule has 3 nitrogen and oxygen atoms in total. The van der Waals surface area contributed by atoms with Gasteiger partial charge in [-0.3, -0.25) is 4.98 Å². The van der Waals surface area contributed by atoms with Crippen LogP contribution in [0.5, 0.6) is 5.75 Å². The van der Waals surface area contributed by atoms with Gasteiger partial charge in [-0.1, -0.05) is 23.2 Å². The highest BCUT2D eigenvalue weighted by Crippen LogP contribution is 2.41. The zero-order chi connectivity index (χ0) is 15.0. The van der Waals surface area contributed by atoms with Crippen molar-refractivity contribution in [3.05, 3.63) is 51.3 Å². The Labute approximate surface area is 134 Å². The second kappa shape index (κ2) is 5.74. The first-order valence-corrected chi connectivity index (χ1v) is 7.62. The van der Waals surface area contributed by atoms with Crippen molar-refractivity contribution >= 4 is 28.9 Å². The number of hydrogen-bond donors (Lipinski definition) is 1. The molecule has 0 fully saturated rings. The van der Waals surface area contributed by atoms with Crippen molar-refractivity contribution in [2.75, 3.05) is 11.9 Å². The predicted octanol–water partition coefficient (Wildman–Crippen LogP) is 4.94. The van der Waals surface area contributed by atoms with Gasteiger partial charge in [-0.2, -0.15) is 0 Å². The molecule has 21 heavy (non-hydrogen) atoms. The van der Waals surface area contributed by atoms with Crippen molar-refractivity contribution < 1.29 is 4.74 Å². The summed E-state index contributed by atoms with van der Waals surface area (Å²) in [6.45, 7) is 4.62. The Morgan fingerprint density at radius 2 is 2.05 bits per heavy atom. The van der Waals surface area contributed by atoms with Crippen LogP contribution in [0, 0.1) is 13.8 Å². The molecular weight excluding hydrogens is 307 g/mol. The number of hydrogen-bond acceptors (Lipinski definition) is 3. The Morgan fingerprint density at radius 1 is 1.24 bits per heavy atom. The number of benzene rings is 1. The summed E-state index contributed by atoms with van der Waals surface area (Å²) in [6.07, 6.45) is 0.858. The van der Waals surface area contributed by atoms with Gasteiger partial charge < -0.3 is 10.1 Å². The first-order chi connectivity index (χ1) is 10.0. The third-order valence-electron chi connectivity index (χ3n) is 3.62. The lowest BCUT2D eigenvalue weighted by Gasteiger charge is -2.28. The number of ether oxygens (including phenoxy) is 1. The van der Waals surface area contributed by atoms with E-state index in [1.54, 1.807) is 6.07 Å². The second-order valence-electron chi connectivity index (χ2n) is 5.23. The summed E-state index contributed by atoms with van der Waals surface area (Å²) < 4.78 is 5.68. The van der Waals surface area contributed by atoms with Crippen LogP contribution in [-0.4, -0.2) is 11.6 Å². The van der Waals surface area contributed by atoms with Crippen molar-refractivity contribution in [2.45, 2.75) is 26.3 Å². The molecule has 2 aromatic rings. The van der Waals surface area contributed by atoms with E-state index in [4.69, 9.17) is 27.9 Å². The minimum Gasteiger partial charge on any atom is -0.492 e. The van der Waals surface area contributed by atoms with Crippen molar-refractivity contribution in [2.24, 2.45) is 0 Å². The molecule has 1 aliphatic rings. The Hall–Kier alpha value is -1.45. The molecule has 1 aromatic heterocycles. The summed E-state index contributed by atoms with van der Waals surface area (Å²) in [5.74, 6) is 0.725. The van der Waals surface area contributed by atoms with Crippen LogP contribution in [0.15, 0.2) is 24.3 Å². The molecule has 0 amide bonds. The van der Waals surface area contributed by atoms with E-state index in [0.29, 0.717) is 16.7 Å². The lowest BCUT2D eigenvalue weighted by molar-refractivity contribution is 0.274. The molecule has 0 saturated carbocycles. The van der Waals surface area contributed by atoms with Gasteiger partial charge in [-0.05, 0) is 38.1 Å². The maximum atomic E-state index is 6.22. The monoisotopic (exact) mass is 322 g/mol. The molecule has 3 rings (SSSR count). The van der Waals surface area contributed by atoms with E-state index < -0.39 is 0 Å². The van der Waals surface area contributed by atoms with Gasteiger partial charge in [0, 0.05) is 22.7 Å². The molecule has 0 aliphatic carbocycles. The summed E-state index contributed by atoms with van der Waals surface area (Å²) in [5, 5.41) is 4.71. The summed E-state index contributed by atoms with van der Waals surface area (Å²) in [7, 11) is 0. The van der Waals surface area contributed by atoms with Crippen LogP contribution in [0.3, 0.4) is 0 Å². The quantitative estimate of drug-likeness (QED) is 0.850. The van der Waals surface area contributed by atoms with E-state index >= 15 is 0 Å². The van der Waals surface area contributed by atoms with Gasteiger partial charge >= 0.3 is 0 Å². The van der Waals surface area contributed by atoms with Crippen LogP contribution < -0.4 is 10.1 Å². The summed E-state index contributed by atoms with van der Waals surface area (Å²) >= 11 is 12.3. The van der Waals surface area contributed by atoms with Crippen molar-refractivity contribution in [3.8, 4) is 5.75 Å². The lowest BCUT2D eigenvalue weighted by Crippen LogP contribution is -2.21. The number of aromatic nitrogens is 1. The fraction of sp³-hybridized carbons (Fsp3) is 0.312. The largest absolute Gasteiger partial charge is 0.492 e. The smallest absolute Gasteiger partial charge is 0.143 e. The number of rotatable bonds is 2. The topological polar surface area (TPSA) is 34.1 Å². The zero-order valence-corrected chi connectivity index (χ0v) is 13.4. The Bertz CT molecular complexity index is 688. The molecule has 0 spiro atoms. The molecule has 1 aliphatic heterocycles. The maximum absolute atomic E-state index is 6.22. The van der Waals surface area contributed by atoms with Gasteiger partial charge in [0.15, 0.2) is 0 Å². The first-order valence-electron chi connectivity index (χ1n) is 6.87. The highest BCUT2D eigenvalue weighted by Gasteiger charge is 2.24. The van der Waals surface area contributed by atoms with Crippen LogP contribution in [0.4, 0.5) is 5.69 Å². The lowest BCUT2D eigenvalue weighted by atomic mass is 10.00. The molecule has 2 heterocycles. The summed E-state index contributed by atoms with van der Waals surface area (Å²) in [4.78, 5) is 4.48. The minimum atomic E-state index is 0.119. The van der Waals surface area contributed by atoms with Gasteiger partial charge in [-0.15, -0.1) is 0 Å². The summed E-state index contributed by atoms with van der Waals surface area (Å²) in [6, 6.07) is 7.80.